The summed E-state index contributed by atoms with van der Waals surface area (Å²) in [4.78, 5) is 23.6. The number of carboxylic acids is 1. The molecule has 0 aromatic carbocycles. The number of hydrogen-bond acceptors (Lipinski definition) is 3. The van der Waals surface area contributed by atoms with Gasteiger partial charge in [-0.15, -0.1) is 0 Å². The van der Waals surface area contributed by atoms with E-state index in [1.807, 2.05) is 6.08 Å². The summed E-state index contributed by atoms with van der Waals surface area (Å²) in [7, 11) is 0. The molecule has 4 rings (SSSR count). The summed E-state index contributed by atoms with van der Waals surface area (Å²) in [5.74, 6) is 1.74. The van der Waals surface area contributed by atoms with Gasteiger partial charge < -0.3 is 10.2 Å². The number of fused-ring (bicyclic) bond motifs is 5. The SMILES string of the molecule is CCCCCCC1CC2=CC(=O)CC[C@]2(C)[C@H]2CC[C@@]3(C)[C@@H](CC[C@]3(O)CCC(=O)O)[C@H]12. The summed E-state index contributed by atoms with van der Waals surface area (Å²) in [5, 5.41) is 21.0. The van der Waals surface area contributed by atoms with Crippen molar-refractivity contribution in [3.63, 3.8) is 0 Å². The number of allylic oxidation sites excluding steroid dienone is 1. The molecule has 1 unspecified atom stereocenters. The van der Waals surface area contributed by atoms with Crippen molar-refractivity contribution in [3.8, 4) is 0 Å². The first-order valence-corrected chi connectivity index (χ1v) is 13.3. The van der Waals surface area contributed by atoms with Gasteiger partial charge >= 0.3 is 5.97 Å². The Labute approximate surface area is 194 Å². The topological polar surface area (TPSA) is 74.6 Å². The molecule has 4 nitrogen and oxygen atoms in total. The normalized spacial score (nSPS) is 43.2. The highest BCUT2D eigenvalue weighted by atomic mass is 16.4. The smallest absolute Gasteiger partial charge is 0.303 e. The minimum atomic E-state index is -0.854. The molecule has 3 fully saturated rings. The summed E-state index contributed by atoms with van der Waals surface area (Å²) in [6.07, 6.45) is 15.3. The molecule has 2 N–H and O–H groups in total. The Morgan fingerprint density at radius 2 is 1.84 bits per heavy atom. The fourth-order valence-corrected chi connectivity index (χ4v) is 8.67. The molecule has 0 spiro atoms. The van der Waals surface area contributed by atoms with Crippen LogP contribution >= 0.6 is 0 Å². The third kappa shape index (κ3) is 3.89. The standard InChI is InChI=1S/C28H44O4/c1-4-5-6-7-8-19-17-20-18-21(29)9-13-26(20,2)22-10-14-27(3)23(25(19)22)11-15-28(27,32)16-12-24(30)31/h18-19,22-23,25,32H,4-17H2,1-3H3,(H,30,31)/t19?,22-,23-,25+,26-,27-,28-/m0/s1. The monoisotopic (exact) mass is 444 g/mol. The first-order chi connectivity index (χ1) is 15.1. The maximum Gasteiger partial charge on any atom is 0.303 e. The van der Waals surface area contributed by atoms with E-state index in [0.29, 0.717) is 42.3 Å². The highest BCUT2D eigenvalue weighted by Crippen LogP contribution is 2.69. The van der Waals surface area contributed by atoms with Gasteiger partial charge in [-0.3, -0.25) is 9.59 Å². The van der Waals surface area contributed by atoms with Crippen LogP contribution in [0.25, 0.3) is 0 Å². The van der Waals surface area contributed by atoms with Crippen LogP contribution in [0.15, 0.2) is 11.6 Å². The predicted molar refractivity (Wildman–Crippen MR) is 126 cm³/mol. The first kappa shape index (κ1) is 24.0. The van der Waals surface area contributed by atoms with Crippen molar-refractivity contribution >= 4 is 11.8 Å². The van der Waals surface area contributed by atoms with E-state index in [9.17, 15) is 19.8 Å². The van der Waals surface area contributed by atoms with Crippen molar-refractivity contribution in [1.29, 1.82) is 0 Å². The summed E-state index contributed by atoms with van der Waals surface area (Å²) >= 11 is 0. The quantitative estimate of drug-likeness (QED) is 0.430. The second kappa shape index (κ2) is 8.89. The molecule has 0 saturated heterocycles. The van der Waals surface area contributed by atoms with Gasteiger partial charge in [0.05, 0.1) is 5.60 Å². The lowest BCUT2D eigenvalue weighted by Crippen LogP contribution is -2.57. The molecule has 0 bridgehead atoms. The molecule has 32 heavy (non-hydrogen) atoms. The van der Waals surface area contributed by atoms with Crippen molar-refractivity contribution < 1.29 is 19.8 Å². The fourth-order valence-electron chi connectivity index (χ4n) is 8.67. The molecule has 0 radical (unpaired) electrons. The Kier molecular flexibility index (Phi) is 6.66. The van der Waals surface area contributed by atoms with E-state index in [4.69, 9.17) is 0 Å². The second-order valence-electron chi connectivity index (χ2n) is 12.1. The van der Waals surface area contributed by atoms with E-state index in [0.717, 1.165) is 38.5 Å². The largest absolute Gasteiger partial charge is 0.481 e. The van der Waals surface area contributed by atoms with Crippen LogP contribution in [-0.4, -0.2) is 27.6 Å². The molecule has 0 aromatic rings. The summed E-state index contributed by atoms with van der Waals surface area (Å²) in [5.41, 5.74) is 0.501. The number of rotatable bonds is 8. The maximum atomic E-state index is 12.3. The minimum absolute atomic E-state index is 0.0556. The molecule has 4 aliphatic rings. The summed E-state index contributed by atoms with van der Waals surface area (Å²) in [6, 6.07) is 0. The molecule has 0 amide bonds. The molecule has 180 valence electrons. The predicted octanol–water partition coefficient (Wildman–Crippen LogP) is 6.31. The van der Waals surface area contributed by atoms with E-state index in [2.05, 4.69) is 20.8 Å². The number of ketones is 1. The van der Waals surface area contributed by atoms with Crippen LogP contribution in [0.3, 0.4) is 0 Å². The fraction of sp³-hybridized carbons (Fsp3) is 0.857. The van der Waals surface area contributed by atoms with Gasteiger partial charge in [0.15, 0.2) is 5.78 Å². The lowest BCUT2D eigenvalue weighted by atomic mass is 9.43. The van der Waals surface area contributed by atoms with Gasteiger partial charge in [0.2, 0.25) is 0 Å². The highest BCUT2D eigenvalue weighted by Gasteiger charge is 2.65. The van der Waals surface area contributed by atoms with Crippen LogP contribution in [0.5, 0.6) is 0 Å². The first-order valence-electron chi connectivity index (χ1n) is 13.3. The van der Waals surface area contributed by atoms with Crippen LogP contribution in [-0.2, 0) is 9.59 Å². The number of carbonyl (C=O) groups excluding carboxylic acids is 1. The molecule has 4 aliphatic carbocycles. The molecule has 3 saturated carbocycles. The molecule has 4 heteroatoms. The zero-order valence-corrected chi connectivity index (χ0v) is 20.5. The molecule has 7 atom stereocenters. The van der Waals surface area contributed by atoms with Crippen molar-refractivity contribution in [2.24, 2.45) is 34.5 Å². The number of aliphatic hydroxyl groups is 1. The average Bonchev–Trinajstić information content (AvgIpc) is 3.02. The molecular weight excluding hydrogens is 400 g/mol. The maximum absolute atomic E-state index is 12.3. The molecular formula is C28H44O4. The van der Waals surface area contributed by atoms with Gasteiger partial charge in [0, 0.05) is 12.8 Å². The van der Waals surface area contributed by atoms with E-state index < -0.39 is 11.6 Å². The van der Waals surface area contributed by atoms with E-state index in [-0.39, 0.29) is 17.3 Å². The molecule has 0 aromatic heterocycles. The van der Waals surface area contributed by atoms with Gasteiger partial charge in [0.1, 0.15) is 0 Å². The number of carbonyl (C=O) groups is 2. The zero-order chi connectivity index (χ0) is 23.1. The molecule has 0 aliphatic heterocycles. The number of aliphatic carboxylic acids is 1. The zero-order valence-electron chi connectivity index (χ0n) is 20.5. The Balaban J connectivity index is 1.64. The average molecular weight is 445 g/mol. The van der Waals surface area contributed by atoms with Gasteiger partial charge in [-0.25, -0.2) is 0 Å². The van der Waals surface area contributed by atoms with Crippen LogP contribution in [0.4, 0.5) is 0 Å². The number of hydrogen-bond donors (Lipinski definition) is 2. The van der Waals surface area contributed by atoms with E-state index in [1.165, 1.54) is 37.7 Å². The van der Waals surface area contributed by atoms with Gasteiger partial charge in [0.25, 0.3) is 0 Å². The summed E-state index contributed by atoms with van der Waals surface area (Å²) < 4.78 is 0. The van der Waals surface area contributed by atoms with Gasteiger partial charge in [-0.2, -0.15) is 0 Å². The van der Waals surface area contributed by atoms with Crippen LogP contribution < -0.4 is 0 Å². The van der Waals surface area contributed by atoms with Crippen LogP contribution in [0.2, 0.25) is 0 Å². The van der Waals surface area contributed by atoms with E-state index in [1.54, 1.807) is 0 Å². The Hall–Kier alpha value is -1.16. The summed E-state index contributed by atoms with van der Waals surface area (Å²) in [6.45, 7) is 6.95. The van der Waals surface area contributed by atoms with Crippen molar-refractivity contribution in [2.75, 3.05) is 0 Å². The lowest BCUT2D eigenvalue weighted by Gasteiger charge is -2.61. The van der Waals surface area contributed by atoms with Crippen LogP contribution in [0, 0.1) is 34.5 Å². The molecule has 0 heterocycles. The Morgan fingerprint density at radius 3 is 2.56 bits per heavy atom. The lowest BCUT2D eigenvalue weighted by molar-refractivity contribution is -0.152. The second-order valence-corrected chi connectivity index (χ2v) is 12.1. The Bertz CT molecular complexity index is 771. The van der Waals surface area contributed by atoms with Crippen LogP contribution in [0.1, 0.15) is 111 Å². The van der Waals surface area contributed by atoms with Crippen molar-refractivity contribution in [2.45, 2.75) is 116 Å². The van der Waals surface area contributed by atoms with Gasteiger partial charge in [-0.1, -0.05) is 52.0 Å². The van der Waals surface area contributed by atoms with E-state index >= 15 is 0 Å². The number of carboxylic acid groups (broad SMARTS) is 1. The third-order valence-electron chi connectivity index (χ3n) is 10.6. The highest BCUT2D eigenvalue weighted by molar-refractivity contribution is 5.91. The van der Waals surface area contributed by atoms with Crippen molar-refractivity contribution in [3.05, 3.63) is 11.6 Å². The third-order valence-corrected chi connectivity index (χ3v) is 10.6. The number of unbranched alkanes of at least 4 members (excludes halogenated alkanes) is 3. The van der Waals surface area contributed by atoms with Gasteiger partial charge in [-0.05, 0) is 91.9 Å². The minimum Gasteiger partial charge on any atom is -0.481 e. The van der Waals surface area contributed by atoms with Crippen molar-refractivity contribution in [1.82, 2.24) is 0 Å². The Morgan fingerprint density at radius 1 is 1.09 bits per heavy atom.